The minimum absolute atomic E-state index is 1.06. The number of hydrogen-bond donors (Lipinski definition) is 0. The van der Waals surface area contributed by atoms with Crippen LogP contribution in [0, 0.1) is 17.8 Å². The van der Waals surface area contributed by atoms with Gasteiger partial charge in [-0.3, -0.25) is 0 Å². The highest BCUT2D eigenvalue weighted by Gasteiger charge is 2.33. The Kier molecular flexibility index (Phi) is 1.71. The fraction of sp³-hybridized carbons (Fsp3) is 1.00. The molecule has 0 aromatic carbocycles. The molecule has 2 aliphatic rings. The number of rotatable bonds is 0. The summed E-state index contributed by atoms with van der Waals surface area (Å²) in [6.07, 6.45) is 9.21. The summed E-state index contributed by atoms with van der Waals surface area (Å²) in [6.45, 7) is 2.46. The molecule has 2 aliphatic carbocycles. The molecular weight excluding hydrogens is 120 g/mol. The van der Waals surface area contributed by atoms with Crippen molar-refractivity contribution < 1.29 is 0 Å². The molecule has 0 heterocycles. The third-order valence-corrected chi connectivity index (χ3v) is 3.68. The fourth-order valence-electron chi connectivity index (χ4n) is 3.09. The first-order valence-electron chi connectivity index (χ1n) is 4.88. The molecule has 0 nitrogen and oxygen atoms in total. The standard InChI is InChI=1S/C10H18/c1-8-4-2-5-9-6-3-7-10(8)9/h8-10H,2-7H2,1H3/t8?,9-,10?/m0/s1. The topological polar surface area (TPSA) is 0 Å². The second-order valence-corrected chi connectivity index (χ2v) is 4.26. The summed E-state index contributed by atoms with van der Waals surface area (Å²) < 4.78 is 0. The van der Waals surface area contributed by atoms with Crippen LogP contribution in [0.5, 0.6) is 0 Å². The third-order valence-electron chi connectivity index (χ3n) is 3.68. The third kappa shape index (κ3) is 0.980. The van der Waals surface area contributed by atoms with Crippen LogP contribution in [0.25, 0.3) is 0 Å². The van der Waals surface area contributed by atoms with Crippen molar-refractivity contribution in [2.75, 3.05) is 0 Å². The van der Waals surface area contributed by atoms with Crippen molar-refractivity contribution in [2.45, 2.75) is 45.4 Å². The summed E-state index contributed by atoms with van der Waals surface area (Å²) in [7, 11) is 0. The summed E-state index contributed by atoms with van der Waals surface area (Å²) in [5, 5.41) is 0. The van der Waals surface area contributed by atoms with E-state index in [1.807, 2.05) is 0 Å². The monoisotopic (exact) mass is 138 g/mol. The normalized spacial score (nSPS) is 47.1. The first-order chi connectivity index (χ1) is 4.88. The molecule has 0 radical (unpaired) electrons. The molecule has 2 unspecified atom stereocenters. The molecule has 0 aliphatic heterocycles. The van der Waals surface area contributed by atoms with Crippen LogP contribution in [0.2, 0.25) is 0 Å². The fourth-order valence-corrected chi connectivity index (χ4v) is 3.09. The summed E-state index contributed by atoms with van der Waals surface area (Å²) in [5.74, 6) is 3.33. The largest absolute Gasteiger partial charge is 0.0622 e. The molecule has 0 aromatic rings. The van der Waals surface area contributed by atoms with Gasteiger partial charge in [-0.1, -0.05) is 39.0 Å². The molecule has 0 saturated heterocycles. The maximum atomic E-state index is 2.46. The van der Waals surface area contributed by atoms with Crippen LogP contribution in [-0.4, -0.2) is 0 Å². The van der Waals surface area contributed by atoms with E-state index in [1.165, 1.54) is 19.3 Å². The highest BCUT2D eigenvalue weighted by atomic mass is 14.4. The SMILES string of the molecule is CC1CCC[C@H]2CCCC12. The second-order valence-electron chi connectivity index (χ2n) is 4.26. The Bertz CT molecular complexity index is 117. The van der Waals surface area contributed by atoms with Crippen LogP contribution < -0.4 is 0 Å². The predicted molar refractivity (Wildman–Crippen MR) is 43.8 cm³/mol. The first-order valence-corrected chi connectivity index (χ1v) is 4.88. The minimum Gasteiger partial charge on any atom is -0.0622 e. The van der Waals surface area contributed by atoms with E-state index in [2.05, 4.69) is 6.92 Å². The van der Waals surface area contributed by atoms with Crippen molar-refractivity contribution in [3.63, 3.8) is 0 Å². The van der Waals surface area contributed by atoms with Gasteiger partial charge < -0.3 is 0 Å². The van der Waals surface area contributed by atoms with Gasteiger partial charge >= 0.3 is 0 Å². The zero-order chi connectivity index (χ0) is 6.97. The predicted octanol–water partition coefficient (Wildman–Crippen LogP) is 3.22. The van der Waals surface area contributed by atoms with Gasteiger partial charge in [0.25, 0.3) is 0 Å². The number of fused-ring (bicyclic) bond motifs is 1. The van der Waals surface area contributed by atoms with Gasteiger partial charge in [0.2, 0.25) is 0 Å². The highest BCUT2D eigenvalue weighted by Crippen LogP contribution is 2.44. The van der Waals surface area contributed by atoms with Gasteiger partial charge in [0.15, 0.2) is 0 Å². The number of hydrogen-bond acceptors (Lipinski definition) is 0. The Morgan fingerprint density at radius 1 is 0.900 bits per heavy atom. The zero-order valence-corrected chi connectivity index (χ0v) is 6.97. The van der Waals surface area contributed by atoms with E-state index in [0.29, 0.717) is 0 Å². The molecule has 2 saturated carbocycles. The van der Waals surface area contributed by atoms with Gasteiger partial charge in [-0.15, -0.1) is 0 Å². The molecular formula is C10H18. The van der Waals surface area contributed by atoms with E-state index < -0.39 is 0 Å². The first kappa shape index (κ1) is 6.69. The molecule has 0 N–H and O–H groups in total. The highest BCUT2D eigenvalue weighted by molar-refractivity contribution is 4.84. The van der Waals surface area contributed by atoms with Crippen molar-refractivity contribution in [3.05, 3.63) is 0 Å². The van der Waals surface area contributed by atoms with E-state index >= 15 is 0 Å². The van der Waals surface area contributed by atoms with E-state index in [0.717, 1.165) is 17.8 Å². The van der Waals surface area contributed by atoms with Crippen LogP contribution in [0.1, 0.15) is 45.4 Å². The molecule has 3 atom stereocenters. The summed E-state index contributed by atoms with van der Waals surface area (Å²) >= 11 is 0. The van der Waals surface area contributed by atoms with Gasteiger partial charge in [-0.25, -0.2) is 0 Å². The van der Waals surface area contributed by atoms with E-state index in [4.69, 9.17) is 0 Å². The van der Waals surface area contributed by atoms with Gasteiger partial charge in [0, 0.05) is 0 Å². The Morgan fingerprint density at radius 3 is 2.30 bits per heavy atom. The average Bonchev–Trinajstić information content (AvgIpc) is 2.36. The lowest BCUT2D eigenvalue weighted by Crippen LogP contribution is -2.21. The molecule has 2 fully saturated rings. The van der Waals surface area contributed by atoms with E-state index in [-0.39, 0.29) is 0 Å². The lowest BCUT2D eigenvalue weighted by molar-refractivity contribution is 0.197. The molecule has 0 amide bonds. The van der Waals surface area contributed by atoms with Gasteiger partial charge in [0.05, 0.1) is 0 Å². The van der Waals surface area contributed by atoms with E-state index in [9.17, 15) is 0 Å². The molecule has 0 spiro atoms. The maximum absolute atomic E-state index is 2.46. The average molecular weight is 138 g/mol. The van der Waals surface area contributed by atoms with Crippen molar-refractivity contribution in [1.29, 1.82) is 0 Å². The Hall–Kier alpha value is 0. The Morgan fingerprint density at radius 2 is 1.60 bits per heavy atom. The van der Waals surface area contributed by atoms with Crippen LogP contribution >= 0.6 is 0 Å². The van der Waals surface area contributed by atoms with Gasteiger partial charge in [-0.05, 0) is 24.2 Å². The van der Waals surface area contributed by atoms with Crippen LogP contribution in [0.4, 0.5) is 0 Å². The summed E-state index contributed by atoms with van der Waals surface area (Å²) in [4.78, 5) is 0. The van der Waals surface area contributed by atoms with Crippen LogP contribution in [0.3, 0.4) is 0 Å². The van der Waals surface area contributed by atoms with E-state index in [1.54, 1.807) is 19.3 Å². The van der Waals surface area contributed by atoms with Crippen molar-refractivity contribution in [1.82, 2.24) is 0 Å². The van der Waals surface area contributed by atoms with Gasteiger partial charge in [0.1, 0.15) is 0 Å². The minimum atomic E-state index is 1.06. The quantitative estimate of drug-likeness (QED) is 0.482. The molecule has 58 valence electrons. The molecule has 2 rings (SSSR count). The van der Waals surface area contributed by atoms with Crippen molar-refractivity contribution in [3.8, 4) is 0 Å². The second kappa shape index (κ2) is 2.56. The lowest BCUT2D eigenvalue weighted by atomic mass is 9.75. The smallest absolute Gasteiger partial charge is 0.0360 e. The summed E-state index contributed by atoms with van der Waals surface area (Å²) in [5.41, 5.74) is 0. The Labute approximate surface area is 64.0 Å². The van der Waals surface area contributed by atoms with Crippen LogP contribution in [0.15, 0.2) is 0 Å². The molecule has 0 bridgehead atoms. The van der Waals surface area contributed by atoms with Gasteiger partial charge in [-0.2, -0.15) is 0 Å². The maximum Gasteiger partial charge on any atom is -0.0360 e. The van der Waals surface area contributed by atoms with Crippen molar-refractivity contribution in [2.24, 2.45) is 17.8 Å². The Balaban J connectivity index is 2.03. The molecule has 0 aromatic heterocycles. The van der Waals surface area contributed by atoms with Crippen LogP contribution in [-0.2, 0) is 0 Å². The lowest BCUT2D eigenvalue weighted by Gasteiger charge is -2.31. The molecule has 10 heavy (non-hydrogen) atoms. The van der Waals surface area contributed by atoms with Crippen molar-refractivity contribution >= 4 is 0 Å². The molecule has 0 heteroatoms. The zero-order valence-electron chi connectivity index (χ0n) is 6.97. The summed E-state index contributed by atoms with van der Waals surface area (Å²) in [6, 6.07) is 0.